The highest BCUT2D eigenvalue weighted by Gasteiger charge is 2.60. The number of thioether (sulfide) groups is 1. The van der Waals surface area contributed by atoms with Gasteiger partial charge in [0.15, 0.2) is 17.3 Å². The molecule has 1 saturated heterocycles. The molecule has 1 aliphatic carbocycles. The standard InChI is InChI=1S/C20H25N7OS/c1-13-17(28-12-23-13)18-24-25-19(26(18)3)29-6-4-5-27-10-15-7-20(15,11-27)16-8-21-14(2)22-9-16/h8-9,12,15H,4-7,10-11H2,1-3H3/t15-,20-/m0/s1. The van der Waals surface area contributed by atoms with Crippen molar-refractivity contribution in [1.29, 1.82) is 0 Å². The lowest BCUT2D eigenvalue weighted by atomic mass is 9.98. The first-order chi connectivity index (χ1) is 14.1. The average molecular weight is 412 g/mol. The number of fused-ring (bicyclic) bond motifs is 1. The molecule has 3 aromatic heterocycles. The van der Waals surface area contributed by atoms with Crippen molar-refractivity contribution >= 4 is 11.8 Å². The van der Waals surface area contributed by atoms with Crippen LogP contribution in [0.4, 0.5) is 0 Å². The van der Waals surface area contributed by atoms with E-state index in [1.54, 1.807) is 11.8 Å². The van der Waals surface area contributed by atoms with E-state index >= 15 is 0 Å². The summed E-state index contributed by atoms with van der Waals surface area (Å²) in [7, 11) is 1.97. The highest BCUT2D eigenvalue weighted by molar-refractivity contribution is 7.99. The molecule has 0 unspecified atom stereocenters. The fraction of sp³-hybridized carbons (Fsp3) is 0.550. The monoisotopic (exact) mass is 411 g/mol. The predicted molar refractivity (Wildman–Crippen MR) is 110 cm³/mol. The molecular formula is C20H25N7OS. The minimum Gasteiger partial charge on any atom is -0.440 e. The van der Waals surface area contributed by atoms with E-state index in [1.165, 1.54) is 24.9 Å². The Kier molecular flexibility index (Phi) is 4.66. The molecule has 0 aromatic carbocycles. The average Bonchev–Trinajstić information content (AvgIpc) is 3.02. The van der Waals surface area contributed by atoms with Gasteiger partial charge >= 0.3 is 0 Å². The first-order valence-electron chi connectivity index (χ1n) is 10.0. The molecule has 0 amide bonds. The van der Waals surface area contributed by atoms with E-state index < -0.39 is 0 Å². The lowest BCUT2D eigenvalue weighted by molar-refractivity contribution is 0.299. The van der Waals surface area contributed by atoms with Gasteiger partial charge in [0, 0.05) is 43.7 Å². The van der Waals surface area contributed by atoms with Crippen LogP contribution in [0.5, 0.6) is 0 Å². The van der Waals surface area contributed by atoms with Crippen LogP contribution < -0.4 is 0 Å². The molecule has 9 heteroatoms. The third-order valence-electron chi connectivity index (χ3n) is 6.21. The summed E-state index contributed by atoms with van der Waals surface area (Å²) in [5.41, 5.74) is 2.46. The normalized spacial score (nSPS) is 23.5. The van der Waals surface area contributed by atoms with Crippen molar-refractivity contribution in [2.45, 2.75) is 37.3 Å². The Balaban J connectivity index is 1.13. The van der Waals surface area contributed by atoms with E-state index in [1.807, 2.05) is 37.9 Å². The van der Waals surface area contributed by atoms with Crippen LogP contribution in [-0.4, -0.2) is 60.0 Å². The van der Waals surface area contributed by atoms with Gasteiger partial charge in [-0.2, -0.15) is 0 Å². The highest BCUT2D eigenvalue weighted by Crippen LogP contribution is 2.58. The van der Waals surface area contributed by atoms with Crippen molar-refractivity contribution < 1.29 is 4.42 Å². The van der Waals surface area contributed by atoms with Gasteiger partial charge in [0.25, 0.3) is 0 Å². The molecule has 29 heavy (non-hydrogen) atoms. The molecule has 0 N–H and O–H groups in total. The van der Waals surface area contributed by atoms with Crippen molar-refractivity contribution in [1.82, 2.24) is 34.6 Å². The molecule has 0 bridgehead atoms. The van der Waals surface area contributed by atoms with Crippen molar-refractivity contribution in [3.8, 4) is 11.6 Å². The van der Waals surface area contributed by atoms with E-state index in [-0.39, 0.29) is 0 Å². The molecule has 0 spiro atoms. The maximum Gasteiger partial charge on any atom is 0.202 e. The number of hydrogen-bond donors (Lipinski definition) is 0. The van der Waals surface area contributed by atoms with E-state index in [9.17, 15) is 0 Å². The summed E-state index contributed by atoms with van der Waals surface area (Å²) in [6.45, 7) is 7.29. The summed E-state index contributed by atoms with van der Waals surface area (Å²) in [4.78, 5) is 15.5. The molecule has 3 aromatic rings. The number of nitrogens with zero attached hydrogens (tertiary/aromatic N) is 7. The Morgan fingerprint density at radius 3 is 2.79 bits per heavy atom. The molecule has 2 fully saturated rings. The second kappa shape index (κ2) is 7.21. The minimum atomic E-state index is 0.314. The van der Waals surface area contributed by atoms with Gasteiger partial charge in [-0.05, 0) is 44.7 Å². The Hall–Kier alpha value is -2.26. The van der Waals surface area contributed by atoms with Gasteiger partial charge in [-0.15, -0.1) is 10.2 Å². The van der Waals surface area contributed by atoms with Crippen LogP contribution in [0.2, 0.25) is 0 Å². The quantitative estimate of drug-likeness (QED) is 0.433. The number of aromatic nitrogens is 6. The largest absolute Gasteiger partial charge is 0.440 e. The lowest BCUT2D eigenvalue weighted by Gasteiger charge is -2.20. The number of piperidine rings is 1. The zero-order chi connectivity index (χ0) is 20.0. The van der Waals surface area contributed by atoms with Crippen molar-refractivity contribution in [2.75, 3.05) is 25.4 Å². The van der Waals surface area contributed by atoms with Crippen LogP contribution in [0.25, 0.3) is 11.6 Å². The fourth-order valence-corrected chi connectivity index (χ4v) is 5.29. The van der Waals surface area contributed by atoms with Crippen molar-refractivity contribution in [3.63, 3.8) is 0 Å². The predicted octanol–water partition coefficient (Wildman–Crippen LogP) is 2.63. The number of hydrogen-bond acceptors (Lipinski definition) is 8. The first kappa shape index (κ1) is 18.7. The molecule has 5 rings (SSSR count). The summed E-state index contributed by atoms with van der Waals surface area (Å²) in [6, 6.07) is 0. The Morgan fingerprint density at radius 2 is 2.03 bits per heavy atom. The Labute approximate surface area is 174 Å². The molecule has 1 saturated carbocycles. The van der Waals surface area contributed by atoms with E-state index in [0.717, 1.165) is 53.7 Å². The number of oxazole rings is 1. The molecule has 1 aliphatic heterocycles. The summed E-state index contributed by atoms with van der Waals surface area (Å²) in [5, 5.41) is 9.51. The maximum atomic E-state index is 5.44. The van der Waals surface area contributed by atoms with Gasteiger partial charge in [0.1, 0.15) is 5.82 Å². The van der Waals surface area contributed by atoms with E-state index in [2.05, 4.69) is 30.0 Å². The SMILES string of the molecule is Cc1ncc([C@]23C[C@H]2CN(CCCSc2nnc(-c4ocnc4C)n2C)C3)cn1. The smallest absolute Gasteiger partial charge is 0.202 e. The first-order valence-corrected chi connectivity index (χ1v) is 11.0. The number of likely N-dealkylation sites (tertiary alicyclic amines) is 1. The van der Waals surface area contributed by atoms with Crippen LogP contribution in [0.15, 0.2) is 28.4 Å². The molecule has 4 heterocycles. The molecule has 8 nitrogen and oxygen atoms in total. The lowest BCUT2D eigenvalue weighted by Crippen LogP contribution is -2.28. The molecular weight excluding hydrogens is 386 g/mol. The second-order valence-electron chi connectivity index (χ2n) is 8.15. The highest BCUT2D eigenvalue weighted by atomic mass is 32.2. The van der Waals surface area contributed by atoms with Gasteiger partial charge in [-0.1, -0.05) is 11.8 Å². The summed E-state index contributed by atoms with van der Waals surface area (Å²) < 4.78 is 7.43. The van der Waals surface area contributed by atoms with Crippen LogP contribution in [0, 0.1) is 19.8 Å². The van der Waals surface area contributed by atoms with Crippen LogP contribution in [-0.2, 0) is 12.5 Å². The molecule has 2 aliphatic rings. The van der Waals surface area contributed by atoms with Gasteiger partial charge < -0.3 is 13.9 Å². The third kappa shape index (κ3) is 3.36. The summed E-state index contributed by atoms with van der Waals surface area (Å²) in [6.07, 6.45) is 7.92. The molecule has 0 radical (unpaired) electrons. The molecule has 2 atom stereocenters. The summed E-state index contributed by atoms with van der Waals surface area (Å²) >= 11 is 1.74. The van der Waals surface area contributed by atoms with Crippen LogP contribution >= 0.6 is 11.8 Å². The summed E-state index contributed by atoms with van der Waals surface area (Å²) in [5.74, 6) is 4.05. The number of aryl methyl sites for hydroxylation is 2. The molecule has 152 valence electrons. The second-order valence-corrected chi connectivity index (χ2v) is 9.21. The topological polar surface area (TPSA) is 85.8 Å². The van der Waals surface area contributed by atoms with Gasteiger partial charge in [0.05, 0.1) is 5.69 Å². The third-order valence-corrected chi connectivity index (χ3v) is 7.31. The van der Waals surface area contributed by atoms with Crippen molar-refractivity contribution in [3.05, 3.63) is 35.9 Å². The van der Waals surface area contributed by atoms with Crippen molar-refractivity contribution in [2.24, 2.45) is 13.0 Å². The zero-order valence-electron chi connectivity index (χ0n) is 17.0. The van der Waals surface area contributed by atoms with Gasteiger partial charge in [-0.3, -0.25) is 0 Å². The Morgan fingerprint density at radius 1 is 1.21 bits per heavy atom. The zero-order valence-corrected chi connectivity index (χ0v) is 17.8. The van der Waals surface area contributed by atoms with Crippen LogP contribution in [0.3, 0.4) is 0 Å². The Bertz CT molecular complexity index is 1010. The maximum absolute atomic E-state index is 5.44. The number of rotatable bonds is 7. The van der Waals surface area contributed by atoms with Crippen LogP contribution in [0.1, 0.15) is 29.9 Å². The minimum absolute atomic E-state index is 0.314. The van der Waals surface area contributed by atoms with Gasteiger partial charge in [-0.25, -0.2) is 15.0 Å². The van der Waals surface area contributed by atoms with Gasteiger partial charge in [0.2, 0.25) is 5.82 Å². The van der Waals surface area contributed by atoms with E-state index in [0.29, 0.717) is 11.2 Å². The fourth-order valence-electron chi connectivity index (χ4n) is 4.46. The van der Waals surface area contributed by atoms with E-state index in [4.69, 9.17) is 4.42 Å².